The minimum Gasteiger partial charge on any atom is -0.489 e. The zero-order chi connectivity index (χ0) is 74.2. The number of amides is 1. The molecule has 1 heterocycles. The van der Waals surface area contributed by atoms with Crippen molar-refractivity contribution in [2.45, 2.75) is 103 Å². The second-order valence-electron chi connectivity index (χ2n) is 25.1. The standard InChI is InChI=1S/C23H27N3O2.C21H22O3.C15H11ClO3.C15H12O4.C13H11BrO/c1-26-21(27)23(25-22(26)24,18-11-6-3-7-12-18)19-13-8-14-20(15-19)28-16-17-9-4-2-5-10-17;22-20(17-10-5-2-6-11-17)21(23)18-12-7-13-19(14-18)24-15-16-8-3-1-4-9-16;16-15(18)14(17)12-7-4-8-13(9-12)19-10-11-5-2-1-3-6-11;16-14(15(17)18)12-7-4-8-13(9-12)19-10-11-5-2-1-3-6-11;14-12-7-4-8-13(9-12)15-10-11-5-2-1-3-6-11/h2,4-5,8-10,13-15,18H,3,6-7,11-12,16H2,1H3,(H2,24,25);1,3-4,7-9,12-14,17H,2,5-6,10-11,15H2;1-9H,10H2;1-9H,10H2,(H,17,18);1-9H,10H2. The maximum absolute atomic E-state index is 13.3. The Morgan fingerprint density at radius 1 is 0.438 bits per heavy atom. The Hall–Kier alpha value is -11.3. The van der Waals surface area contributed by atoms with E-state index in [1.54, 1.807) is 49.5 Å². The van der Waals surface area contributed by atoms with Gasteiger partial charge in [0, 0.05) is 34.1 Å². The molecule has 2 saturated carbocycles. The Balaban J connectivity index is 0.000000154. The van der Waals surface area contributed by atoms with Gasteiger partial charge in [-0.15, -0.1) is 0 Å². The van der Waals surface area contributed by atoms with Gasteiger partial charge in [-0.3, -0.25) is 33.7 Å². The van der Waals surface area contributed by atoms with E-state index in [0.29, 0.717) is 61.8 Å². The Morgan fingerprint density at radius 3 is 1.12 bits per heavy atom. The van der Waals surface area contributed by atoms with E-state index in [-0.39, 0.29) is 40.4 Å². The number of benzene rings is 10. The van der Waals surface area contributed by atoms with Crippen molar-refractivity contribution in [3.8, 4) is 28.7 Å². The van der Waals surface area contributed by atoms with Crippen molar-refractivity contribution in [2.75, 3.05) is 7.05 Å². The van der Waals surface area contributed by atoms with Crippen molar-refractivity contribution >= 4 is 73.7 Å². The molecule has 13 rings (SSSR count). The highest BCUT2D eigenvalue weighted by molar-refractivity contribution is 9.10. The Kier molecular flexibility index (Phi) is 30.1. The van der Waals surface area contributed by atoms with Gasteiger partial charge < -0.3 is 34.5 Å². The summed E-state index contributed by atoms with van der Waals surface area (Å²) in [5, 5.41) is 7.64. The van der Waals surface area contributed by atoms with Gasteiger partial charge in [-0.1, -0.05) is 261 Å². The van der Waals surface area contributed by atoms with Crippen molar-refractivity contribution < 1.29 is 62.4 Å². The van der Waals surface area contributed by atoms with Crippen LogP contribution in [0, 0.1) is 11.8 Å². The van der Waals surface area contributed by atoms with Gasteiger partial charge in [-0.2, -0.15) is 0 Å². The number of Topliss-reactive ketones (excluding diaryl/α,β-unsaturated/α-hetero) is 4. The van der Waals surface area contributed by atoms with Crippen LogP contribution in [0.25, 0.3) is 0 Å². The fourth-order valence-electron chi connectivity index (χ4n) is 12.1. The summed E-state index contributed by atoms with van der Waals surface area (Å²) in [5.74, 6) is -0.199. The number of nitrogens with two attached hydrogens (primary N) is 1. The molecule has 2 aliphatic carbocycles. The normalized spacial score (nSPS) is 14.6. The van der Waals surface area contributed by atoms with Crippen molar-refractivity contribution in [2.24, 2.45) is 22.6 Å². The van der Waals surface area contributed by atoms with E-state index in [4.69, 9.17) is 51.1 Å². The van der Waals surface area contributed by atoms with Gasteiger partial charge in [-0.25, -0.2) is 9.79 Å². The Labute approximate surface area is 625 Å². The quantitative estimate of drug-likeness (QED) is 0.0326. The van der Waals surface area contributed by atoms with Gasteiger partial charge >= 0.3 is 5.97 Å². The lowest BCUT2D eigenvalue weighted by atomic mass is 9.71. The molecule has 1 amide bonds. The van der Waals surface area contributed by atoms with E-state index in [1.165, 1.54) is 47.6 Å². The van der Waals surface area contributed by atoms with Gasteiger partial charge in [0.05, 0.1) is 0 Å². The number of guanidine groups is 1. The number of hydrogen-bond acceptors (Lipinski definition) is 14. The molecule has 1 unspecified atom stereocenters. The highest BCUT2D eigenvalue weighted by Gasteiger charge is 2.53. The predicted octanol–water partition coefficient (Wildman–Crippen LogP) is 18.2. The summed E-state index contributed by atoms with van der Waals surface area (Å²) in [4.78, 5) is 88.6. The summed E-state index contributed by atoms with van der Waals surface area (Å²) in [6.07, 6.45) is 10.4. The molecule has 2 fully saturated rings. The SMILES string of the molecule is Brc1cccc(OCc2ccccc2)c1.CN1C(=O)C(c2cccc(OCc3ccccc3)c2)(C2CCCCC2)N=C1N.O=C(C(=O)C1CCCCC1)c1cccc(OCc2ccccc2)c1.O=C(Cl)C(=O)c1cccc(OCc2ccccc2)c1.O=C(O)C(=O)c1cccc(OCc2ccccc2)c1. The molecule has 0 radical (unpaired) electrons. The summed E-state index contributed by atoms with van der Waals surface area (Å²) in [6, 6.07) is 84.4. The topological polar surface area (TPSA) is 227 Å². The average molecular weight is 1490 g/mol. The summed E-state index contributed by atoms with van der Waals surface area (Å²) in [7, 11) is 1.71. The van der Waals surface area contributed by atoms with Crippen LogP contribution in [0.3, 0.4) is 0 Å². The lowest BCUT2D eigenvalue weighted by molar-refractivity contribution is -0.133. The van der Waals surface area contributed by atoms with Gasteiger partial charge in [0.25, 0.3) is 16.9 Å². The van der Waals surface area contributed by atoms with Gasteiger partial charge in [0.15, 0.2) is 11.5 Å². The van der Waals surface area contributed by atoms with Gasteiger partial charge in [-0.05, 0) is 143 Å². The Bertz CT molecular complexity index is 4410. The number of halogens is 2. The molecule has 0 bridgehead atoms. The summed E-state index contributed by atoms with van der Waals surface area (Å²) in [5.41, 5.74) is 12.2. The van der Waals surface area contributed by atoms with Crippen molar-refractivity contribution in [1.29, 1.82) is 0 Å². The molecule has 10 aromatic carbocycles. The summed E-state index contributed by atoms with van der Waals surface area (Å²) in [6.45, 7) is 2.30. The number of carboxylic acid groups (broad SMARTS) is 1. The molecule has 105 heavy (non-hydrogen) atoms. The lowest BCUT2D eigenvalue weighted by Crippen LogP contribution is -2.45. The number of carbonyl (C=O) groups excluding carboxylic acids is 6. The monoisotopic (exact) mass is 1490 g/mol. The number of carboxylic acids is 1. The van der Waals surface area contributed by atoms with Crippen LogP contribution in [0.2, 0.25) is 0 Å². The fraction of sp³-hybridized carbons (Fsp3) is 0.218. The maximum atomic E-state index is 13.3. The molecular formula is C87H83BrClN3O13. The number of nitrogens with zero attached hydrogens (tertiary/aromatic N) is 2. The maximum Gasteiger partial charge on any atom is 0.377 e. The first kappa shape index (κ1) is 77.9. The van der Waals surface area contributed by atoms with E-state index in [0.717, 1.165) is 95.2 Å². The second-order valence-corrected chi connectivity index (χ2v) is 26.4. The number of carbonyl (C=O) groups is 7. The third-order valence-electron chi connectivity index (χ3n) is 17.6. The molecule has 3 aliphatic rings. The zero-order valence-corrected chi connectivity index (χ0v) is 60.7. The van der Waals surface area contributed by atoms with Crippen LogP contribution in [0.1, 0.15) is 129 Å². The largest absolute Gasteiger partial charge is 0.489 e. The predicted molar refractivity (Wildman–Crippen MR) is 409 cm³/mol. The first-order valence-electron chi connectivity index (χ1n) is 34.8. The molecule has 16 nitrogen and oxygen atoms in total. The van der Waals surface area contributed by atoms with E-state index in [9.17, 15) is 33.6 Å². The molecule has 3 N–H and O–H groups in total. The molecule has 10 aromatic rings. The summed E-state index contributed by atoms with van der Waals surface area (Å²) < 4.78 is 29.5. The number of hydrogen-bond donors (Lipinski definition) is 2. The van der Waals surface area contributed by atoms with Crippen LogP contribution in [-0.4, -0.2) is 63.3 Å². The highest BCUT2D eigenvalue weighted by atomic mass is 79.9. The first-order valence-corrected chi connectivity index (χ1v) is 35.9. The van der Waals surface area contributed by atoms with Crippen LogP contribution >= 0.6 is 27.5 Å². The number of likely N-dealkylation sites (N-methyl/N-ethyl adjacent to an activating group) is 1. The van der Waals surface area contributed by atoms with Crippen molar-refractivity contribution in [3.05, 3.63) is 328 Å². The van der Waals surface area contributed by atoms with Crippen LogP contribution in [0.4, 0.5) is 0 Å². The molecule has 538 valence electrons. The van der Waals surface area contributed by atoms with E-state index in [2.05, 4.69) is 28.1 Å². The molecule has 0 aromatic heterocycles. The van der Waals surface area contributed by atoms with Crippen molar-refractivity contribution in [3.63, 3.8) is 0 Å². The smallest absolute Gasteiger partial charge is 0.377 e. The molecular weight excluding hydrogens is 1410 g/mol. The van der Waals surface area contributed by atoms with E-state index >= 15 is 0 Å². The molecule has 0 saturated heterocycles. The summed E-state index contributed by atoms with van der Waals surface area (Å²) >= 11 is 8.57. The fourth-order valence-corrected chi connectivity index (χ4v) is 12.6. The Morgan fingerprint density at radius 2 is 0.771 bits per heavy atom. The number of ketones is 4. The van der Waals surface area contributed by atoms with Crippen LogP contribution in [-0.2, 0) is 57.8 Å². The number of aliphatic imine (C=N–C) groups is 1. The second kappa shape index (κ2) is 40.5. The lowest BCUT2D eigenvalue weighted by Gasteiger charge is -2.36. The van der Waals surface area contributed by atoms with Crippen LogP contribution in [0.15, 0.2) is 282 Å². The first-order chi connectivity index (χ1) is 51.0. The van der Waals surface area contributed by atoms with Crippen LogP contribution in [0.5, 0.6) is 28.7 Å². The highest BCUT2D eigenvalue weighted by Crippen LogP contribution is 2.47. The van der Waals surface area contributed by atoms with Crippen molar-refractivity contribution in [1.82, 2.24) is 4.90 Å². The molecule has 0 spiro atoms. The average Bonchev–Trinajstić information content (AvgIpc) is 1.61. The van der Waals surface area contributed by atoms with Gasteiger partial charge in [0.1, 0.15) is 61.8 Å². The molecule has 18 heteroatoms. The number of aliphatic carboxylic acids is 1. The van der Waals surface area contributed by atoms with E-state index < -0.39 is 28.3 Å². The van der Waals surface area contributed by atoms with Gasteiger partial charge in [0.2, 0.25) is 17.3 Å². The van der Waals surface area contributed by atoms with Crippen LogP contribution < -0.4 is 29.4 Å². The third kappa shape index (κ3) is 23.9. The molecule has 1 aliphatic heterocycles. The van der Waals surface area contributed by atoms with E-state index in [1.807, 2.05) is 194 Å². The number of rotatable bonds is 24. The number of ether oxygens (including phenoxy) is 5. The molecule has 1 atom stereocenters. The third-order valence-corrected chi connectivity index (χ3v) is 18.3. The zero-order valence-electron chi connectivity index (χ0n) is 58.3. The minimum atomic E-state index is -1.47. The minimum absolute atomic E-state index is 0.0305.